The fraction of sp³-hybridized carbons (Fsp3) is 0.448. The molecule has 186 valence electrons. The van der Waals surface area contributed by atoms with Gasteiger partial charge in [0, 0.05) is 38.7 Å². The van der Waals surface area contributed by atoms with E-state index in [0.29, 0.717) is 28.7 Å². The third kappa shape index (κ3) is 3.42. The first-order valence-electron chi connectivity index (χ1n) is 12.8. The van der Waals surface area contributed by atoms with Crippen LogP contribution in [-0.4, -0.2) is 39.4 Å². The Morgan fingerprint density at radius 1 is 1.00 bits per heavy atom. The van der Waals surface area contributed by atoms with E-state index in [1.165, 1.54) is 6.08 Å². The molecule has 1 heterocycles. The number of likely N-dealkylation sites (tertiary alicyclic amines) is 1. The van der Waals surface area contributed by atoms with E-state index in [4.69, 9.17) is 0 Å². The first kappa shape index (κ1) is 23.6. The Bertz CT molecular complexity index is 1310. The van der Waals surface area contributed by atoms with Gasteiger partial charge in [-0.3, -0.25) is 24.1 Å². The van der Waals surface area contributed by atoms with E-state index >= 15 is 0 Å². The summed E-state index contributed by atoms with van der Waals surface area (Å²) in [6.45, 7) is 1.64. The number of hydrogen-bond donors (Lipinski definition) is 1. The fourth-order valence-corrected chi connectivity index (χ4v) is 7.58. The van der Waals surface area contributed by atoms with E-state index in [-0.39, 0.29) is 47.5 Å². The van der Waals surface area contributed by atoms with Crippen LogP contribution in [0.4, 0.5) is 0 Å². The average Bonchev–Trinajstić information content (AvgIpc) is 3.13. The van der Waals surface area contributed by atoms with Crippen molar-refractivity contribution in [3.05, 3.63) is 62.7 Å². The Kier molecular flexibility index (Phi) is 5.67. The number of phenolic OH excluding ortho intramolecular Hbond substituents is 1. The quantitative estimate of drug-likeness (QED) is 0.321. The van der Waals surface area contributed by atoms with Crippen LogP contribution in [0, 0.1) is 17.8 Å². The van der Waals surface area contributed by atoms with Gasteiger partial charge in [0.2, 0.25) is 11.8 Å². The van der Waals surface area contributed by atoms with Crippen molar-refractivity contribution in [3.63, 3.8) is 0 Å². The summed E-state index contributed by atoms with van der Waals surface area (Å²) in [4.78, 5) is 55.5. The van der Waals surface area contributed by atoms with Crippen molar-refractivity contribution in [3.8, 4) is 5.75 Å². The molecule has 1 aromatic carbocycles. The monoisotopic (exact) mass is 549 g/mol. The summed E-state index contributed by atoms with van der Waals surface area (Å²) in [6.07, 6.45) is 8.94. The molecule has 4 atom stereocenters. The summed E-state index contributed by atoms with van der Waals surface area (Å²) in [5.41, 5.74) is 2.58. The normalized spacial score (nSPS) is 30.7. The fourth-order valence-electron chi connectivity index (χ4n) is 7.20. The molecule has 0 aromatic heterocycles. The number of aromatic hydroxyl groups is 1. The Morgan fingerprint density at radius 3 is 2.50 bits per heavy atom. The summed E-state index contributed by atoms with van der Waals surface area (Å²) in [6, 6.07) is 5.03. The second-order valence-electron chi connectivity index (χ2n) is 10.8. The van der Waals surface area contributed by atoms with Crippen LogP contribution in [0.1, 0.15) is 63.4 Å². The number of carbonyl (C=O) groups is 4. The van der Waals surface area contributed by atoms with Crippen LogP contribution in [-0.2, 0) is 19.2 Å². The van der Waals surface area contributed by atoms with Crippen LogP contribution in [0.25, 0.3) is 0 Å². The molecule has 0 spiro atoms. The first-order chi connectivity index (χ1) is 17.3. The molecule has 4 aliphatic carbocycles. The van der Waals surface area contributed by atoms with Gasteiger partial charge in [-0.05, 0) is 62.8 Å². The molecule has 1 aliphatic heterocycles. The van der Waals surface area contributed by atoms with Gasteiger partial charge in [-0.2, -0.15) is 0 Å². The summed E-state index contributed by atoms with van der Waals surface area (Å²) < 4.78 is 0.742. The summed E-state index contributed by atoms with van der Waals surface area (Å²) in [7, 11) is 0. The topological polar surface area (TPSA) is 91.8 Å². The van der Waals surface area contributed by atoms with E-state index in [1.807, 2.05) is 6.08 Å². The zero-order valence-corrected chi connectivity index (χ0v) is 21.7. The maximum Gasteiger partial charge on any atom is 0.233 e. The lowest BCUT2D eigenvalue weighted by molar-refractivity contribution is -0.143. The number of carbonyl (C=O) groups excluding carboxylic acids is 4. The Balaban J connectivity index is 1.48. The molecular formula is C29H28BrNO5. The number of hydrogen-bond acceptors (Lipinski definition) is 5. The number of phenols is 1. The number of ketones is 2. The van der Waals surface area contributed by atoms with Crippen molar-refractivity contribution in [1.29, 1.82) is 0 Å². The number of amides is 2. The lowest BCUT2D eigenvalue weighted by atomic mass is 9.59. The SMILES string of the molecule is CC1=CC(=O)C2=C(C1=O)[C@@H](c1cc(Br)ccc1O)C1=CC[C@@H]3C(=O)N(C4CCCCC4)C(=O)[C@@H]3[C@@H]1C2. The zero-order chi connectivity index (χ0) is 25.3. The number of allylic oxidation sites excluding steroid dienone is 6. The molecule has 2 fully saturated rings. The molecule has 7 heteroatoms. The van der Waals surface area contributed by atoms with Gasteiger partial charge in [0.15, 0.2) is 11.6 Å². The standard InChI is InChI=1S/C29H28BrNO5/c1-14-11-23(33)21-13-19-17(24(26(21)27(14)34)20-12-15(30)7-10-22(20)32)8-9-18-25(19)29(36)31(28(18)35)16-5-3-2-4-6-16/h7-8,10-12,16,18-19,24-25,32H,2-6,9,13H2,1H3/t18-,19+,24+,25-/m0/s1. The molecule has 0 radical (unpaired) electrons. The highest BCUT2D eigenvalue weighted by molar-refractivity contribution is 9.10. The van der Waals surface area contributed by atoms with Crippen molar-refractivity contribution >= 4 is 39.3 Å². The van der Waals surface area contributed by atoms with E-state index < -0.39 is 17.8 Å². The maximum absolute atomic E-state index is 13.9. The molecule has 6 nitrogen and oxygen atoms in total. The van der Waals surface area contributed by atoms with E-state index in [1.54, 1.807) is 30.0 Å². The van der Waals surface area contributed by atoms with Gasteiger partial charge in [0.25, 0.3) is 0 Å². The van der Waals surface area contributed by atoms with Crippen molar-refractivity contribution in [1.82, 2.24) is 4.90 Å². The minimum Gasteiger partial charge on any atom is -0.508 e. The van der Waals surface area contributed by atoms with Gasteiger partial charge in [-0.25, -0.2) is 0 Å². The predicted molar refractivity (Wildman–Crippen MR) is 136 cm³/mol. The number of fused-ring (bicyclic) bond motifs is 3. The van der Waals surface area contributed by atoms with Crippen LogP contribution in [0.3, 0.4) is 0 Å². The third-order valence-electron chi connectivity index (χ3n) is 8.84. The number of nitrogens with zero attached hydrogens (tertiary/aromatic N) is 1. The van der Waals surface area contributed by atoms with E-state index in [9.17, 15) is 24.3 Å². The molecular weight excluding hydrogens is 522 g/mol. The van der Waals surface area contributed by atoms with Crippen molar-refractivity contribution < 1.29 is 24.3 Å². The molecule has 36 heavy (non-hydrogen) atoms. The van der Waals surface area contributed by atoms with E-state index in [0.717, 1.165) is 42.1 Å². The molecule has 0 unspecified atom stereocenters. The highest BCUT2D eigenvalue weighted by Crippen LogP contribution is 2.56. The summed E-state index contributed by atoms with van der Waals surface area (Å²) in [5, 5.41) is 10.9. The number of imide groups is 1. The van der Waals surface area contributed by atoms with Gasteiger partial charge in [0.1, 0.15) is 5.75 Å². The number of halogens is 1. The second kappa shape index (κ2) is 8.65. The largest absolute Gasteiger partial charge is 0.508 e. The molecule has 2 amide bonds. The van der Waals surface area contributed by atoms with Gasteiger partial charge in [-0.15, -0.1) is 0 Å². The molecule has 1 N–H and O–H groups in total. The highest BCUT2D eigenvalue weighted by atomic mass is 79.9. The van der Waals surface area contributed by atoms with Crippen LogP contribution >= 0.6 is 15.9 Å². The van der Waals surface area contributed by atoms with Crippen molar-refractivity contribution in [2.75, 3.05) is 0 Å². The van der Waals surface area contributed by atoms with Gasteiger partial charge >= 0.3 is 0 Å². The van der Waals surface area contributed by atoms with Gasteiger partial charge in [0.05, 0.1) is 11.8 Å². The Morgan fingerprint density at radius 2 is 1.75 bits per heavy atom. The molecule has 1 saturated heterocycles. The smallest absolute Gasteiger partial charge is 0.233 e. The minimum absolute atomic E-state index is 0.0313. The summed E-state index contributed by atoms with van der Waals surface area (Å²) in [5.74, 6) is -2.58. The Hall–Kier alpha value is -2.80. The number of Topliss-reactive ketones (excluding diaryl/α,β-unsaturated/α-hetero) is 1. The maximum atomic E-state index is 13.9. The lowest BCUT2D eigenvalue weighted by Gasteiger charge is -2.42. The molecule has 1 aromatic rings. The molecule has 1 saturated carbocycles. The first-order valence-corrected chi connectivity index (χ1v) is 13.6. The van der Waals surface area contributed by atoms with Gasteiger partial charge < -0.3 is 5.11 Å². The minimum atomic E-state index is -0.635. The average molecular weight is 550 g/mol. The lowest BCUT2D eigenvalue weighted by Crippen LogP contribution is -2.43. The van der Waals surface area contributed by atoms with Crippen LogP contribution in [0.2, 0.25) is 0 Å². The zero-order valence-electron chi connectivity index (χ0n) is 20.1. The van der Waals surface area contributed by atoms with Crippen LogP contribution < -0.4 is 0 Å². The Labute approximate surface area is 218 Å². The molecule has 5 aliphatic rings. The van der Waals surface area contributed by atoms with Gasteiger partial charge in [-0.1, -0.05) is 46.8 Å². The highest BCUT2D eigenvalue weighted by Gasteiger charge is 2.57. The van der Waals surface area contributed by atoms with Crippen LogP contribution in [0.5, 0.6) is 5.75 Å². The number of benzene rings is 1. The second-order valence-corrected chi connectivity index (χ2v) is 11.7. The molecule has 0 bridgehead atoms. The van der Waals surface area contributed by atoms with Crippen LogP contribution in [0.15, 0.2) is 57.1 Å². The third-order valence-corrected chi connectivity index (χ3v) is 9.33. The molecule has 6 rings (SSSR count). The predicted octanol–water partition coefficient (Wildman–Crippen LogP) is 4.92. The van der Waals surface area contributed by atoms with Crippen molar-refractivity contribution in [2.45, 2.75) is 63.8 Å². The summed E-state index contributed by atoms with van der Waals surface area (Å²) >= 11 is 3.48. The number of rotatable bonds is 2. The van der Waals surface area contributed by atoms with E-state index in [2.05, 4.69) is 15.9 Å². The van der Waals surface area contributed by atoms with Crippen molar-refractivity contribution in [2.24, 2.45) is 17.8 Å².